The van der Waals surface area contributed by atoms with E-state index in [-0.39, 0.29) is 31.1 Å². The fraction of sp³-hybridized carbons (Fsp3) is 0.167. The maximum absolute atomic E-state index is 13.5. The minimum atomic E-state index is -0.739. The smallest absolute Gasteiger partial charge is 0.312 e. The second kappa shape index (κ2) is 10.1. The highest BCUT2D eigenvalue weighted by molar-refractivity contribution is 6.02. The molecule has 2 amide bonds. The number of rotatable bonds is 9. The van der Waals surface area contributed by atoms with E-state index in [0.717, 1.165) is 27.8 Å². The SMILES string of the molecule is NC(=O)NCCC(N)C(=O)CNc1ccc2c(-c3ccncc3)c(-c3ccc(F)cc3)[nH]c2n1. The molecule has 7 N–H and O–H groups in total. The van der Waals surface area contributed by atoms with Crippen LogP contribution in [0.15, 0.2) is 60.9 Å². The monoisotopic (exact) mass is 461 g/mol. The Bertz CT molecular complexity index is 1310. The molecule has 0 radical (unpaired) electrons. The normalized spacial score (nSPS) is 11.8. The summed E-state index contributed by atoms with van der Waals surface area (Å²) in [5.74, 6) is -0.0381. The molecule has 10 heteroatoms. The molecule has 3 aromatic heterocycles. The Morgan fingerprint density at radius 2 is 1.76 bits per heavy atom. The minimum Gasteiger partial charge on any atom is -0.363 e. The molecule has 174 valence electrons. The van der Waals surface area contributed by atoms with Gasteiger partial charge in [0.2, 0.25) is 0 Å². The summed E-state index contributed by atoms with van der Waals surface area (Å²) in [5.41, 5.74) is 15.0. The number of fused-ring (bicyclic) bond motifs is 1. The Hall–Kier alpha value is -4.31. The number of aromatic amines is 1. The van der Waals surface area contributed by atoms with Crippen molar-refractivity contribution in [3.63, 3.8) is 0 Å². The number of nitrogens with two attached hydrogens (primary N) is 2. The lowest BCUT2D eigenvalue weighted by molar-refractivity contribution is -0.118. The number of carbonyl (C=O) groups is 2. The predicted molar refractivity (Wildman–Crippen MR) is 128 cm³/mol. The summed E-state index contributed by atoms with van der Waals surface area (Å²) in [6.07, 6.45) is 3.70. The van der Waals surface area contributed by atoms with E-state index >= 15 is 0 Å². The molecule has 0 aliphatic carbocycles. The first-order valence-corrected chi connectivity index (χ1v) is 10.7. The number of nitrogens with zero attached hydrogens (tertiary/aromatic N) is 2. The fourth-order valence-electron chi connectivity index (χ4n) is 3.64. The highest BCUT2D eigenvalue weighted by atomic mass is 19.1. The molecule has 1 atom stereocenters. The largest absolute Gasteiger partial charge is 0.363 e. The van der Waals surface area contributed by atoms with Gasteiger partial charge in [0, 0.05) is 29.9 Å². The quantitative estimate of drug-likeness (QED) is 0.258. The molecule has 34 heavy (non-hydrogen) atoms. The summed E-state index contributed by atoms with van der Waals surface area (Å²) in [6, 6.07) is 12.3. The molecule has 0 saturated heterocycles. The molecule has 1 unspecified atom stereocenters. The fourth-order valence-corrected chi connectivity index (χ4v) is 3.64. The van der Waals surface area contributed by atoms with Crippen molar-refractivity contribution in [3.05, 3.63) is 66.7 Å². The lowest BCUT2D eigenvalue weighted by Gasteiger charge is -2.11. The Morgan fingerprint density at radius 1 is 1.03 bits per heavy atom. The number of amides is 2. The average Bonchev–Trinajstić information content (AvgIpc) is 3.22. The zero-order valence-corrected chi connectivity index (χ0v) is 18.2. The molecule has 3 heterocycles. The van der Waals surface area contributed by atoms with Gasteiger partial charge in [-0.3, -0.25) is 9.78 Å². The molecule has 0 saturated carbocycles. The van der Waals surface area contributed by atoms with E-state index in [1.54, 1.807) is 30.6 Å². The third-order valence-electron chi connectivity index (χ3n) is 5.37. The number of nitrogens with one attached hydrogen (secondary N) is 3. The number of benzene rings is 1. The summed E-state index contributed by atoms with van der Waals surface area (Å²) < 4.78 is 13.5. The van der Waals surface area contributed by atoms with Gasteiger partial charge in [-0.1, -0.05) is 0 Å². The van der Waals surface area contributed by atoms with Gasteiger partial charge in [-0.05, 0) is 66.1 Å². The van der Waals surface area contributed by atoms with Crippen LogP contribution in [0.1, 0.15) is 6.42 Å². The van der Waals surface area contributed by atoms with Crippen LogP contribution < -0.4 is 22.1 Å². The molecule has 1 aromatic carbocycles. The van der Waals surface area contributed by atoms with E-state index in [0.29, 0.717) is 11.5 Å². The molecular weight excluding hydrogens is 437 g/mol. The maximum Gasteiger partial charge on any atom is 0.312 e. The number of urea groups is 1. The third-order valence-corrected chi connectivity index (χ3v) is 5.37. The van der Waals surface area contributed by atoms with Crippen molar-refractivity contribution < 1.29 is 14.0 Å². The van der Waals surface area contributed by atoms with Crippen molar-refractivity contribution >= 4 is 28.7 Å². The molecular formula is C24H24FN7O2. The standard InChI is InChI=1S/C24H24FN7O2/c25-16-3-1-15(2-4-16)22-21(14-7-10-28-11-8-14)17-5-6-20(31-23(17)32-22)30-13-19(33)18(26)9-12-29-24(27)34/h1-8,10-11,18H,9,12-13,26H2,(H3,27,29,34)(H2,30,31,32). The highest BCUT2D eigenvalue weighted by Gasteiger charge is 2.17. The third kappa shape index (κ3) is 5.18. The Kier molecular flexibility index (Phi) is 6.79. The van der Waals surface area contributed by atoms with Gasteiger partial charge in [-0.25, -0.2) is 14.2 Å². The zero-order valence-electron chi connectivity index (χ0n) is 18.2. The van der Waals surface area contributed by atoms with Crippen LogP contribution in [-0.4, -0.2) is 45.9 Å². The molecule has 9 nitrogen and oxygen atoms in total. The number of primary amides is 1. The molecule has 0 aliphatic heterocycles. The number of hydrogen-bond donors (Lipinski definition) is 5. The van der Waals surface area contributed by atoms with Crippen molar-refractivity contribution in [2.75, 3.05) is 18.4 Å². The number of pyridine rings is 2. The summed E-state index contributed by atoms with van der Waals surface area (Å²) >= 11 is 0. The number of anilines is 1. The van der Waals surface area contributed by atoms with Gasteiger partial charge in [-0.15, -0.1) is 0 Å². The van der Waals surface area contributed by atoms with Crippen LogP contribution >= 0.6 is 0 Å². The number of halogens is 1. The van der Waals surface area contributed by atoms with Crippen LogP contribution in [0.5, 0.6) is 0 Å². The Labute approximate surface area is 194 Å². The lowest BCUT2D eigenvalue weighted by Crippen LogP contribution is -2.39. The summed E-state index contributed by atoms with van der Waals surface area (Å²) in [4.78, 5) is 35.1. The van der Waals surface area contributed by atoms with Crippen LogP contribution in [0.25, 0.3) is 33.4 Å². The van der Waals surface area contributed by atoms with Gasteiger partial charge in [0.15, 0.2) is 5.78 Å². The van der Waals surface area contributed by atoms with Gasteiger partial charge in [-0.2, -0.15) is 0 Å². The van der Waals surface area contributed by atoms with E-state index < -0.39 is 12.1 Å². The molecule has 0 fully saturated rings. The second-order valence-electron chi connectivity index (χ2n) is 7.72. The highest BCUT2D eigenvalue weighted by Crippen LogP contribution is 2.38. The van der Waals surface area contributed by atoms with Crippen LogP contribution in [0.3, 0.4) is 0 Å². The van der Waals surface area contributed by atoms with Crippen LogP contribution in [0, 0.1) is 5.82 Å². The van der Waals surface area contributed by atoms with Crippen molar-refractivity contribution in [2.24, 2.45) is 11.5 Å². The molecule has 4 aromatic rings. The van der Waals surface area contributed by atoms with Crippen molar-refractivity contribution in [1.29, 1.82) is 0 Å². The van der Waals surface area contributed by atoms with Gasteiger partial charge >= 0.3 is 6.03 Å². The lowest BCUT2D eigenvalue weighted by atomic mass is 10.00. The van der Waals surface area contributed by atoms with E-state index in [2.05, 4.69) is 25.6 Å². The number of ketones is 1. The zero-order chi connectivity index (χ0) is 24.1. The first-order valence-electron chi connectivity index (χ1n) is 10.7. The average molecular weight is 462 g/mol. The van der Waals surface area contributed by atoms with Crippen LogP contribution in [-0.2, 0) is 4.79 Å². The molecule has 0 spiro atoms. The van der Waals surface area contributed by atoms with Crippen LogP contribution in [0.4, 0.5) is 15.0 Å². The topological polar surface area (TPSA) is 152 Å². The predicted octanol–water partition coefficient (Wildman–Crippen LogP) is 2.80. The summed E-state index contributed by atoms with van der Waals surface area (Å²) in [7, 11) is 0. The first-order chi connectivity index (χ1) is 16.4. The Morgan fingerprint density at radius 3 is 2.47 bits per heavy atom. The summed E-state index contributed by atoms with van der Waals surface area (Å²) in [6.45, 7) is 0.206. The maximum atomic E-state index is 13.5. The van der Waals surface area contributed by atoms with E-state index in [9.17, 15) is 14.0 Å². The number of carbonyl (C=O) groups excluding carboxylic acids is 2. The molecule has 0 aliphatic rings. The number of H-pyrrole nitrogens is 1. The van der Waals surface area contributed by atoms with E-state index in [1.165, 1.54) is 12.1 Å². The van der Waals surface area contributed by atoms with E-state index in [4.69, 9.17) is 11.5 Å². The van der Waals surface area contributed by atoms with Crippen molar-refractivity contribution in [2.45, 2.75) is 12.5 Å². The van der Waals surface area contributed by atoms with Gasteiger partial charge < -0.3 is 27.1 Å². The van der Waals surface area contributed by atoms with Gasteiger partial charge in [0.25, 0.3) is 0 Å². The molecule has 0 bridgehead atoms. The first kappa shape index (κ1) is 22.9. The minimum absolute atomic E-state index is 0.0149. The number of aromatic nitrogens is 3. The number of hydrogen-bond acceptors (Lipinski definition) is 6. The Balaban J connectivity index is 1.58. The summed E-state index contributed by atoms with van der Waals surface area (Å²) in [5, 5.41) is 6.28. The van der Waals surface area contributed by atoms with Crippen LogP contribution in [0.2, 0.25) is 0 Å². The van der Waals surface area contributed by atoms with E-state index in [1.807, 2.05) is 18.2 Å². The second-order valence-corrected chi connectivity index (χ2v) is 7.72. The van der Waals surface area contributed by atoms with Crippen molar-refractivity contribution in [3.8, 4) is 22.4 Å². The van der Waals surface area contributed by atoms with Crippen molar-refractivity contribution in [1.82, 2.24) is 20.3 Å². The molecule has 4 rings (SSSR count). The van der Waals surface area contributed by atoms with Gasteiger partial charge in [0.1, 0.15) is 17.3 Å². The van der Waals surface area contributed by atoms with Gasteiger partial charge in [0.05, 0.1) is 18.3 Å². The number of Topliss-reactive ketones (excluding diaryl/α,β-unsaturated/α-hetero) is 1.